The lowest BCUT2D eigenvalue weighted by molar-refractivity contribution is -0.143. The fourth-order valence-electron chi connectivity index (χ4n) is 2.88. The first kappa shape index (κ1) is 17.4. The van der Waals surface area contributed by atoms with E-state index in [4.69, 9.17) is 27.9 Å². The molecule has 1 aromatic heterocycles. The quantitative estimate of drug-likeness (QED) is 0.848. The Hall–Kier alpha value is -0.940. The predicted octanol–water partition coefficient (Wildman–Crippen LogP) is 3.58. The minimum Gasteiger partial charge on any atom is -0.465 e. The van der Waals surface area contributed by atoms with Crippen molar-refractivity contribution < 1.29 is 9.53 Å². The van der Waals surface area contributed by atoms with Gasteiger partial charge in [0.1, 0.15) is 6.54 Å². The molecule has 0 bridgehead atoms. The molecule has 3 rings (SSSR count). The monoisotopic (exact) mass is 362 g/mol. The van der Waals surface area contributed by atoms with Crippen LogP contribution in [0.5, 0.6) is 0 Å². The van der Waals surface area contributed by atoms with Crippen LogP contribution in [-0.2, 0) is 29.0 Å². The van der Waals surface area contributed by atoms with Gasteiger partial charge in [-0.3, -0.25) is 4.79 Å². The van der Waals surface area contributed by atoms with E-state index in [1.54, 1.807) is 0 Å². The molecule has 0 radical (unpaired) electrons. The molecule has 1 aromatic carbocycles. The number of ether oxygens (including phenoxy) is 1. The molecule has 22 heavy (non-hydrogen) atoms. The van der Waals surface area contributed by atoms with Crippen molar-refractivity contribution in [2.75, 3.05) is 13.2 Å². The number of rotatable bonds is 3. The third-order valence-corrected chi connectivity index (χ3v) is 4.48. The zero-order valence-electron chi connectivity index (χ0n) is 12.1. The van der Waals surface area contributed by atoms with Gasteiger partial charge < -0.3 is 14.6 Å². The molecule has 7 heteroatoms. The van der Waals surface area contributed by atoms with Gasteiger partial charge in [0.2, 0.25) is 0 Å². The summed E-state index contributed by atoms with van der Waals surface area (Å²) in [5, 5.41) is 5.44. The fraction of sp³-hybridized carbons (Fsp3) is 0.400. The van der Waals surface area contributed by atoms with Gasteiger partial charge in [-0.05, 0) is 24.6 Å². The number of nitrogens with zero attached hydrogens (tertiary/aromatic N) is 1. The Balaban J connectivity index is 0.00000176. The second-order valence-electron chi connectivity index (χ2n) is 5.03. The van der Waals surface area contributed by atoms with Crippen LogP contribution < -0.4 is 5.32 Å². The van der Waals surface area contributed by atoms with Crippen molar-refractivity contribution in [3.8, 4) is 0 Å². The van der Waals surface area contributed by atoms with Gasteiger partial charge >= 0.3 is 5.97 Å². The average Bonchev–Trinajstić information content (AvgIpc) is 2.74. The summed E-state index contributed by atoms with van der Waals surface area (Å²) in [5.41, 5.74) is 3.29. The van der Waals surface area contributed by atoms with Gasteiger partial charge in [-0.2, -0.15) is 0 Å². The van der Waals surface area contributed by atoms with Crippen LogP contribution in [0.3, 0.4) is 0 Å². The van der Waals surface area contributed by atoms with Crippen molar-refractivity contribution >= 4 is 52.5 Å². The van der Waals surface area contributed by atoms with Gasteiger partial charge in [-0.25, -0.2) is 0 Å². The third-order valence-electron chi connectivity index (χ3n) is 3.76. The summed E-state index contributed by atoms with van der Waals surface area (Å²) in [7, 11) is 0. The number of fused-ring (bicyclic) bond motifs is 3. The number of hydrogen-bond acceptors (Lipinski definition) is 3. The maximum atomic E-state index is 11.9. The summed E-state index contributed by atoms with van der Waals surface area (Å²) in [4.78, 5) is 11.9. The Morgan fingerprint density at radius 3 is 2.82 bits per heavy atom. The summed E-state index contributed by atoms with van der Waals surface area (Å²) in [6.07, 6.45) is 0.874. The number of benzene rings is 1. The molecule has 0 amide bonds. The highest BCUT2D eigenvalue weighted by atomic mass is 35.5. The molecule has 2 aromatic rings. The molecule has 0 saturated carbocycles. The molecule has 0 atom stereocenters. The SMILES string of the molecule is CCOC(=O)Cn1c2c(c3cc(Cl)c(Cl)cc31)CNCC2.Cl. The molecule has 1 N–H and O–H groups in total. The Kier molecular flexibility index (Phi) is 5.61. The smallest absolute Gasteiger partial charge is 0.325 e. The molecule has 0 fully saturated rings. The normalized spacial score (nSPS) is 13.6. The molecule has 0 unspecified atom stereocenters. The Labute approximate surface area is 145 Å². The number of hydrogen-bond donors (Lipinski definition) is 1. The highest BCUT2D eigenvalue weighted by Gasteiger charge is 2.22. The van der Waals surface area contributed by atoms with E-state index in [0.717, 1.165) is 36.1 Å². The highest BCUT2D eigenvalue weighted by molar-refractivity contribution is 6.42. The van der Waals surface area contributed by atoms with Gasteiger partial charge in [0.15, 0.2) is 0 Å². The van der Waals surface area contributed by atoms with E-state index < -0.39 is 0 Å². The standard InChI is InChI=1S/C15H16Cl2N2O2.ClH/c1-2-21-15(20)8-19-13-3-4-18-7-10(13)9-5-11(16)12(17)6-14(9)19;/h5-6,18H,2-4,7-8H2,1H3;1H. The molecule has 1 aliphatic heterocycles. The van der Waals surface area contributed by atoms with E-state index in [1.165, 1.54) is 5.56 Å². The van der Waals surface area contributed by atoms with Gasteiger partial charge in [0.05, 0.1) is 22.2 Å². The Morgan fingerprint density at radius 1 is 1.36 bits per heavy atom. The van der Waals surface area contributed by atoms with E-state index in [-0.39, 0.29) is 24.9 Å². The fourth-order valence-corrected chi connectivity index (χ4v) is 3.21. The molecular formula is C15H17Cl3N2O2. The lowest BCUT2D eigenvalue weighted by Gasteiger charge is -2.16. The maximum Gasteiger partial charge on any atom is 0.325 e. The van der Waals surface area contributed by atoms with Crippen molar-refractivity contribution in [3.63, 3.8) is 0 Å². The van der Waals surface area contributed by atoms with Crippen LogP contribution in [0, 0.1) is 0 Å². The van der Waals surface area contributed by atoms with E-state index >= 15 is 0 Å². The maximum absolute atomic E-state index is 11.9. The zero-order valence-corrected chi connectivity index (χ0v) is 14.4. The number of carbonyl (C=O) groups is 1. The predicted molar refractivity (Wildman–Crippen MR) is 91.2 cm³/mol. The van der Waals surface area contributed by atoms with Crippen molar-refractivity contribution in [1.29, 1.82) is 0 Å². The van der Waals surface area contributed by atoms with Gasteiger partial charge in [-0.15, -0.1) is 12.4 Å². The summed E-state index contributed by atoms with van der Waals surface area (Å²) in [6, 6.07) is 3.71. The van der Waals surface area contributed by atoms with E-state index in [9.17, 15) is 4.79 Å². The van der Waals surface area contributed by atoms with E-state index in [1.807, 2.05) is 23.6 Å². The van der Waals surface area contributed by atoms with Crippen LogP contribution in [0.2, 0.25) is 10.0 Å². The zero-order chi connectivity index (χ0) is 15.0. The minimum atomic E-state index is -0.234. The van der Waals surface area contributed by atoms with Crippen molar-refractivity contribution in [2.45, 2.75) is 26.4 Å². The first-order valence-electron chi connectivity index (χ1n) is 6.97. The molecule has 120 valence electrons. The molecule has 0 spiro atoms. The molecule has 0 aliphatic carbocycles. The van der Waals surface area contributed by atoms with Crippen LogP contribution >= 0.6 is 35.6 Å². The Bertz CT molecular complexity index is 713. The minimum absolute atomic E-state index is 0. The number of esters is 1. The average molecular weight is 364 g/mol. The van der Waals surface area contributed by atoms with Crippen LogP contribution in [0.25, 0.3) is 10.9 Å². The first-order valence-corrected chi connectivity index (χ1v) is 7.72. The summed E-state index contributed by atoms with van der Waals surface area (Å²) < 4.78 is 7.08. The lowest BCUT2D eigenvalue weighted by Crippen LogP contribution is -2.25. The van der Waals surface area contributed by atoms with Crippen LogP contribution in [0.1, 0.15) is 18.2 Å². The van der Waals surface area contributed by atoms with Crippen LogP contribution in [0.15, 0.2) is 12.1 Å². The molecule has 0 saturated heterocycles. The van der Waals surface area contributed by atoms with Gasteiger partial charge in [0, 0.05) is 30.6 Å². The topological polar surface area (TPSA) is 43.3 Å². The van der Waals surface area contributed by atoms with Crippen molar-refractivity contribution in [3.05, 3.63) is 33.4 Å². The van der Waals surface area contributed by atoms with Crippen molar-refractivity contribution in [1.82, 2.24) is 9.88 Å². The van der Waals surface area contributed by atoms with Crippen molar-refractivity contribution in [2.24, 2.45) is 0 Å². The molecule has 2 heterocycles. The number of aromatic nitrogens is 1. The number of nitrogens with one attached hydrogen (secondary N) is 1. The molecule has 4 nitrogen and oxygen atoms in total. The van der Waals surface area contributed by atoms with Crippen LogP contribution in [-0.4, -0.2) is 23.7 Å². The molecule has 1 aliphatic rings. The van der Waals surface area contributed by atoms with E-state index in [2.05, 4.69) is 5.32 Å². The van der Waals surface area contributed by atoms with E-state index in [0.29, 0.717) is 16.7 Å². The Morgan fingerprint density at radius 2 is 2.09 bits per heavy atom. The first-order chi connectivity index (χ1) is 10.1. The van der Waals surface area contributed by atoms with Gasteiger partial charge in [0.25, 0.3) is 0 Å². The number of carbonyl (C=O) groups excluding carboxylic acids is 1. The largest absolute Gasteiger partial charge is 0.465 e. The lowest BCUT2D eigenvalue weighted by atomic mass is 10.1. The second kappa shape index (κ2) is 7.09. The summed E-state index contributed by atoms with van der Waals surface area (Å²) in [5.74, 6) is -0.234. The summed E-state index contributed by atoms with van der Waals surface area (Å²) in [6.45, 7) is 4.07. The van der Waals surface area contributed by atoms with Crippen LogP contribution in [0.4, 0.5) is 0 Å². The summed E-state index contributed by atoms with van der Waals surface area (Å²) >= 11 is 12.3. The number of halogens is 3. The third kappa shape index (κ3) is 3.06. The highest BCUT2D eigenvalue weighted by Crippen LogP contribution is 2.34. The molecular weight excluding hydrogens is 347 g/mol. The van der Waals surface area contributed by atoms with Gasteiger partial charge in [-0.1, -0.05) is 23.2 Å². The second-order valence-corrected chi connectivity index (χ2v) is 5.84.